The zero-order chi connectivity index (χ0) is 14.0. The van der Waals surface area contributed by atoms with Gasteiger partial charge in [-0.1, -0.05) is 15.9 Å². The molecule has 0 aliphatic heterocycles. The van der Waals surface area contributed by atoms with E-state index in [0.717, 1.165) is 6.07 Å². The molecule has 2 aromatic rings. The fourth-order valence-corrected chi connectivity index (χ4v) is 2.06. The Hall–Kier alpha value is -1.47. The van der Waals surface area contributed by atoms with Crippen LogP contribution in [0.15, 0.2) is 45.3 Å². The Morgan fingerprint density at radius 3 is 2.53 bits per heavy atom. The van der Waals surface area contributed by atoms with Crippen molar-refractivity contribution in [3.63, 3.8) is 0 Å². The number of halogens is 3. The summed E-state index contributed by atoms with van der Waals surface area (Å²) in [6, 6.07) is 8.17. The van der Waals surface area contributed by atoms with Crippen molar-refractivity contribution in [2.45, 2.75) is 0 Å². The van der Waals surface area contributed by atoms with E-state index in [9.17, 15) is 14.5 Å². The summed E-state index contributed by atoms with van der Waals surface area (Å²) in [7, 11) is 0. The van der Waals surface area contributed by atoms with Crippen molar-refractivity contribution in [2.75, 3.05) is 0 Å². The molecule has 4 nitrogen and oxygen atoms in total. The lowest BCUT2D eigenvalue weighted by atomic mass is 10.3. The molecule has 0 spiro atoms. The second kappa shape index (κ2) is 5.66. The molecule has 0 fully saturated rings. The minimum absolute atomic E-state index is 0.0330. The first-order chi connectivity index (χ1) is 8.97. The fraction of sp³-hybridized carbons (Fsp3) is 0. The molecule has 0 amide bonds. The van der Waals surface area contributed by atoms with Crippen LogP contribution in [0, 0.1) is 15.9 Å². The smallest absolute Gasteiger partial charge is 0.311 e. The predicted octanol–water partition coefficient (Wildman–Crippen LogP) is 5.05. The molecule has 2 rings (SSSR count). The van der Waals surface area contributed by atoms with Crippen molar-refractivity contribution in [2.24, 2.45) is 0 Å². The van der Waals surface area contributed by atoms with Crippen LogP contribution in [-0.4, -0.2) is 4.92 Å². The van der Waals surface area contributed by atoms with Crippen LogP contribution in [0.2, 0.25) is 0 Å². The topological polar surface area (TPSA) is 52.4 Å². The minimum atomic E-state index is -0.561. The summed E-state index contributed by atoms with van der Waals surface area (Å²) in [4.78, 5) is 10.3. The standard InChI is InChI=1S/C12H6Br2FNO3/c13-7-1-4-10(16(17)18)12(5-7)19-11-6-8(15)2-3-9(11)14/h1-6H. The summed E-state index contributed by atoms with van der Waals surface area (Å²) in [5.74, 6) is -0.289. The van der Waals surface area contributed by atoms with Crippen LogP contribution in [0.3, 0.4) is 0 Å². The summed E-state index contributed by atoms with van der Waals surface area (Å²) in [6.07, 6.45) is 0. The monoisotopic (exact) mass is 389 g/mol. The van der Waals surface area contributed by atoms with Crippen LogP contribution < -0.4 is 4.74 Å². The third kappa shape index (κ3) is 3.30. The Kier molecular flexibility index (Phi) is 4.16. The van der Waals surface area contributed by atoms with Crippen LogP contribution in [0.5, 0.6) is 11.5 Å². The van der Waals surface area contributed by atoms with E-state index >= 15 is 0 Å². The number of nitrogens with zero attached hydrogens (tertiary/aromatic N) is 1. The highest BCUT2D eigenvalue weighted by Gasteiger charge is 2.17. The lowest BCUT2D eigenvalue weighted by Gasteiger charge is -2.08. The maximum atomic E-state index is 13.1. The van der Waals surface area contributed by atoms with E-state index in [1.807, 2.05) is 0 Å². The molecule has 2 aromatic carbocycles. The van der Waals surface area contributed by atoms with Gasteiger partial charge in [0.05, 0.1) is 9.40 Å². The van der Waals surface area contributed by atoms with Crippen LogP contribution >= 0.6 is 31.9 Å². The van der Waals surface area contributed by atoms with Crippen LogP contribution in [0.25, 0.3) is 0 Å². The Morgan fingerprint density at radius 1 is 1.11 bits per heavy atom. The van der Waals surface area contributed by atoms with Crippen molar-refractivity contribution in [3.8, 4) is 11.5 Å². The summed E-state index contributed by atoms with van der Waals surface area (Å²) in [5.41, 5.74) is -0.195. The maximum absolute atomic E-state index is 13.1. The highest BCUT2D eigenvalue weighted by molar-refractivity contribution is 9.10. The molecule has 0 bridgehead atoms. The molecular formula is C12H6Br2FNO3. The summed E-state index contributed by atoms with van der Waals surface area (Å²) >= 11 is 6.40. The van der Waals surface area contributed by atoms with Crippen molar-refractivity contribution in [3.05, 3.63) is 61.3 Å². The van der Waals surface area contributed by atoms with E-state index < -0.39 is 10.7 Å². The Labute approximate surface area is 124 Å². The molecule has 0 atom stereocenters. The molecule has 0 aromatic heterocycles. The third-order valence-corrected chi connectivity index (χ3v) is 3.38. The van der Waals surface area contributed by atoms with E-state index in [1.54, 1.807) is 0 Å². The number of hydrogen-bond donors (Lipinski definition) is 0. The number of nitro benzene ring substituents is 1. The number of nitro groups is 1. The maximum Gasteiger partial charge on any atom is 0.311 e. The minimum Gasteiger partial charge on any atom is -0.449 e. The van der Waals surface area contributed by atoms with Crippen LogP contribution in [0.1, 0.15) is 0 Å². The second-order valence-electron chi connectivity index (χ2n) is 3.55. The first-order valence-corrected chi connectivity index (χ1v) is 6.63. The molecular weight excluding hydrogens is 385 g/mol. The largest absolute Gasteiger partial charge is 0.449 e. The molecule has 19 heavy (non-hydrogen) atoms. The highest BCUT2D eigenvalue weighted by atomic mass is 79.9. The molecule has 0 aliphatic carbocycles. The average molecular weight is 391 g/mol. The number of rotatable bonds is 3. The lowest BCUT2D eigenvalue weighted by Crippen LogP contribution is -1.94. The molecule has 0 unspecified atom stereocenters. The molecule has 0 N–H and O–H groups in total. The lowest BCUT2D eigenvalue weighted by molar-refractivity contribution is -0.385. The van der Waals surface area contributed by atoms with E-state index in [4.69, 9.17) is 4.74 Å². The number of ether oxygens (including phenoxy) is 1. The van der Waals surface area contributed by atoms with Crippen LogP contribution in [-0.2, 0) is 0 Å². The first kappa shape index (κ1) is 14.0. The SMILES string of the molecule is O=[N+]([O-])c1ccc(Br)cc1Oc1cc(F)ccc1Br. The Morgan fingerprint density at radius 2 is 1.84 bits per heavy atom. The van der Waals surface area contributed by atoms with Gasteiger partial charge in [0.2, 0.25) is 5.75 Å². The second-order valence-corrected chi connectivity index (χ2v) is 5.32. The Bertz CT molecular complexity index is 649. The van der Waals surface area contributed by atoms with Gasteiger partial charge in [-0.15, -0.1) is 0 Å². The van der Waals surface area contributed by atoms with Gasteiger partial charge in [-0.3, -0.25) is 10.1 Å². The van der Waals surface area contributed by atoms with E-state index in [1.165, 1.54) is 30.3 Å². The molecule has 0 saturated carbocycles. The molecule has 0 aliphatic rings. The fourth-order valence-electron chi connectivity index (χ4n) is 1.39. The van der Waals surface area contributed by atoms with E-state index in [-0.39, 0.29) is 17.2 Å². The quantitative estimate of drug-likeness (QED) is 0.544. The zero-order valence-electron chi connectivity index (χ0n) is 9.27. The van der Waals surface area contributed by atoms with E-state index in [2.05, 4.69) is 31.9 Å². The van der Waals surface area contributed by atoms with E-state index in [0.29, 0.717) is 8.95 Å². The zero-order valence-corrected chi connectivity index (χ0v) is 12.4. The van der Waals surface area contributed by atoms with Gasteiger partial charge in [-0.25, -0.2) is 4.39 Å². The summed E-state index contributed by atoms with van der Waals surface area (Å²) in [5, 5.41) is 10.9. The van der Waals surface area contributed by atoms with Gasteiger partial charge in [-0.2, -0.15) is 0 Å². The molecule has 0 saturated heterocycles. The van der Waals surface area contributed by atoms with Gasteiger partial charge in [0.25, 0.3) is 0 Å². The highest BCUT2D eigenvalue weighted by Crippen LogP contribution is 2.36. The van der Waals surface area contributed by atoms with Crippen molar-refractivity contribution >= 4 is 37.5 Å². The summed E-state index contributed by atoms with van der Waals surface area (Å²) in [6.45, 7) is 0. The van der Waals surface area contributed by atoms with Gasteiger partial charge in [0.15, 0.2) is 0 Å². The van der Waals surface area contributed by atoms with Crippen molar-refractivity contribution in [1.82, 2.24) is 0 Å². The normalized spacial score (nSPS) is 10.3. The number of hydrogen-bond acceptors (Lipinski definition) is 3. The Balaban J connectivity index is 2.45. The van der Waals surface area contributed by atoms with Crippen LogP contribution in [0.4, 0.5) is 10.1 Å². The van der Waals surface area contributed by atoms with Gasteiger partial charge in [-0.05, 0) is 34.1 Å². The molecule has 98 valence electrons. The molecule has 7 heteroatoms. The summed E-state index contributed by atoms with van der Waals surface area (Å²) < 4.78 is 19.7. The molecule has 0 heterocycles. The predicted molar refractivity (Wildman–Crippen MR) is 75.0 cm³/mol. The van der Waals surface area contributed by atoms with Gasteiger partial charge in [0, 0.05) is 22.7 Å². The average Bonchev–Trinajstić information content (AvgIpc) is 2.33. The number of benzene rings is 2. The van der Waals surface area contributed by atoms with Crippen molar-refractivity contribution in [1.29, 1.82) is 0 Å². The third-order valence-electron chi connectivity index (χ3n) is 2.23. The van der Waals surface area contributed by atoms with Gasteiger partial charge in [0.1, 0.15) is 11.6 Å². The first-order valence-electron chi connectivity index (χ1n) is 5.04. The van der Waals surface area contributed by atoms with Gasteiger partial charge < -0.3 is 4.74 Å². The van der Waals surface area contributed by atoms with Crippen molar-refractivity contribution < 1.29 is 14.1 Å². The van der Waals surface area contributed by atoms with Gasteiger partial charge >= 0.3 is 5.69 Å². The molecule has 0 radical (unpaired) electrons.